The molecular formula is C14H18F3N3O3. The Morgan fingerprint density at radius 2 is 2.04 bits per heavy atom. The zero-order chi connectivity index (χ0) is 16.9. The number of nitrogens with zero attached hydrogens (tertiary/aromatic N) is 1. The van der Waals surface area contributed by atoms with Crippen LogP contribution in [0.3, 0.4) is 0 Å². The highest BCUT2D eigenvalue weighted by atomic mass is 19.4. The third-order valence-electron chi connectivity index (χ3n) is 3.08. The summed E-state index contributed by atoms with van der Waals surface area (Å²) in [6.45, 7) is -0.296. The van der Waals surface area contributed by atoms with E-state index in [-0.39, 0.29) is 19.9 Å². The molecule has 128 valence electrons. The first-order valence-corrected chi connectivity index (χ1v) is 7.03. The first-order chi connectivity index (χ1) is 10.8. The van der Waals surface area contributed by atoms with Gasteiger partial charge in [-0.05, 0) is 32.1 Å². The molecule has 2 N–H and O–H groups in total. The first-order valence-electron chi connectivity index (χ1n) is 7.03. The van der Waals surface area contributed by atoms with Crippen molar-refractivity contribution in [3.63, 3.8) is 0 Å². The van der Waals surface area contributed by atoms with Gasteiger partial charge in [0.15, 0.2) is 11.5 Å². The predicted molar refractivity (Wildman–Crippen MR) is 77.8 cm³/mol. The van der Waals surface area contributed by atoms with Crippen LogP contribution in [0, 0.1) is 0 Å². The molecule has 1 aromatic carbocycles. The number of amides is 2. The minimum absolute atomic E-state index is 0.149. The highest BCUT2D eigenvalue weighted by Crippen LogP contribution is 2.34. The second-order valence-corrected chi connectivity index (χ2v) is 5.16. The molecule has 1 heterocycles. The molecule has 1 aromatic rings. The summed E-state index contributed by atoms with van der Waals surface area (Å²) in [4.78, 5) is 12.9. The lowest BCUT2D eigenvalue weighted by molar-refractivity contribution is -0.143. The van der Waals surface area contributed by atoms with Crippen LogP contribution < -0.4 is 20.1 Å². The van der Waals surface area contributed by atoms with Crippen molar-refractivity contribution in [2.45, 2.75) is 12.6 Å². The number of ether oxygens (including phenoxy) is 2. The molecule has 0 radical (unpaired) electrons. The molecular weight excluding hydrogens is 315 g/mol. The van der Waals surface area contributed by atoms with Gasteiger partial charge in [0.05, 0.1) is 6.54 Å². The number of nitrogens with one attached hydrogen (secondary N) is 2. The Morgan fingerprint density at radius 3 is 2.78 bits per heavy atom. The fourth-order valence-electron chi connectivity index (χ4n) is 2.09. The summed E-state index contributed by atoms with van der Waals surface area (Å²) >= 11 is 0. The number of hydrogen-bond donors (Lipinski definition) is 2. The maximum atomic E-state index is 12.1. The standard InChI is InChI=1S/C14H18F3N3O3/c1-20(8-14(15,16)17)6-2-5-18-13(21)19-10-3-4-11-12(7-10)23-9-22-11/h3-4,7H,2,5-6,8-9H2,1H3,(H2,18,19,21). The van der Waals surface area contributed by atoms with Crippen LogP contribution in [0.25, 0.3) is 0 Å². The van der Waals surface area contributed by atoms with Gasteiger partial charge in [0.2, 0.25) is 6.79 Å². The molecule has 0 bridgehead atoms. The molecule has 0 fully saturated rings. The Bertz CT molecular complexity index is 552. The monoisotopic (exact) mass is 333 g/mol. The fourth-order valence-corrected chi connectivity index (χ4v) is 2.09. The number of benzene rings is 1. The molecule has 23 heavy (non-hydrogen) atoms. The minimum Gasteiger partial charge on any atom is -0.454 e. The summed E-state index contributed by atoms with van der Waals surface area (Å²) in [5.74, 6) is 1.17. The van der Waals surface area contributed by atoms with E-state index in [2.05, 4.69) is 10.6 Å². The van der Waals surface area contributed by atoms with E-state index in [1.165, 1.54) is 7.05 Å². The van der Waals surface area contributed by atoms with E-state index in [0.717, 1.165) is 4.90 Å². The van der Waals surface area contributed by atoms with Crippen molar-refractivity contribution in [1.82, 2.24) is 10.2 Å². The summed E-state index contributed by atoms with van der Waals surface area (Å²) in [6, 6.07) is 4.56. The van der Waals surface area contributed by atoms with Gasteiger partial charge in [0.25, 0.3) is 0 Å². The lowest BCUT2D eigenvalue weighted by Crippen LogP contribution is -2.34. The summed E-state index contributed by atoms with van der Waals surface area (Å²) in [7, 11) is 1.39. The number of carbonyl (C=O) groups excluding carboxylic acids is 1. The summed E-state index contributed by atoms with van der Waals surface area (Å²) < 4.78 is 46.8. The number of fused-ring (bicyclic) bond motifs is 1. The van der Waals surface area contributed by atoms with Crippen LogP contribution in [0.15, 0.2) is 18.2 Å². The third kappa shape index (κ3) is 5.85. The van der Waals surface area contributed by atoms with Gasteiger partial charge in [-0.2, -0.15) is 13.2 Å². The van der Waals surface area contributed by atoms with Crippen molar-refractivity contribution in [2.24, 2.45) is 0 Å². The molecule has 0 aromatic heterocycles. The largest absolute Gasteiger partial charge is 0.454 e. The topological polar surface area (TPSA) is 62.8 Å². The highest BCUT2D eigenvalue weighted by Gasteiger charge is 2.28. The molecule has 0 saturated carbocycles. The second-order valence-electron chi connectivity index (χ2n) is 5.16. The molecule has 0 unspecified atom stereocenters. The van der Waals surface area contributed by atoms with E-state index in [1.54, 1.807) is 18.2 Å². The zero-order valence-electron chi connectivity index (χ0n) is 12.6. The first kappa shape index (κ1) is 17.2. The molecule has 0 atom stereocenters. The highest BCUT2D eigenvalue weighted by molar-refractivity contribution is 5.89. The van der Waals surface area contributed by atoms with Gasteiger partial charge in [0, 0.05) is 18.3 Å². The summed E-state index contributed by atoms with van der Waals surface area (Å²) in [5.41, 5.74) is 0.543. The van der Waals surface area contributed by atoms with Crippen molar-refractivity contribution < 1.29 is 27.4 Å². The van der Waals surface area contributed by atoms with E-state index < -0.39 is 18.8 Å². The van der Waals surface area contributed by atoms with Crippen LogP contribution in [0.5, 0.6) is 11.5 Å². The van der Waals surface area contributed by atoms with Gasteiger partial charge in [-0.3, -0.25) is 4.90 Å². The SMILES string of the molecule is CN(CCCNC(=O)Nc1ccc2c(c1)OCO2)CC(F)(F)F. The van der Waals surface area contributed by atoms with E-state index in [4.69, 9.17) is 9.47 Å². The maximum absolute atomic E-state index is 12.1. The predicted octanol–water partition coefficient (Wildman–Crippen LogP) is 2.42. The van der Waals surface area contributed by atoms with Gasteiger partial charge < -0.3 is 20.1 Å². The molecule has 6 nitrogen and oxygen atoms in total. The van der Waals surface area contributed by atoms with Gasteiger partial charge in [0.1, 0.15) is 0 Å². The number of alkyl halides is 3. The van der Waals surface area contributed by atoms with Crippen LogP contribution in [0.4, 0.5) is 23.7 Å². The number of hydrogen-bond acceptors (Lipinski definition) is 4. The Balaban J connectivity index is 1.66. The van der Waals surface area contributed by atoms with E-state index in [9.17, 15) is 18.0 Å². The molecule has 1 aliphatic rings. The number of rotatable bonds is 6. The van der Waals surface area contributed by atoms with Crippen molar-refractivity contribution >= 4 is 11.7 Å². The lowest BCUT2D eigenvalue weighted by atomic mass is 10.3. The Kier molecular flexibility index (Phi) is 5.54. The minimum atomic E-state index is -4.21. The van der Waals surface area contributed by atoms with Crippen molar-refractivity contribution in [3.05, 3.63) is 18.2 Å². The summed E-state index contributed by atoms with van der Waals surface area (Å²) in [5, 5.41) is 5.21. The molecule has 2 rings (SSSR count). The quantitative estimate of drug-likeness (QED) is 0.785. The van der Waals surface area contributed by atoms with Gasteiger partial charge in [-0.15, -0.1) is 0 Å². The lowest BCUT2D eigenvalue weighted by Gasteiger charge is -2.18. The summed E-state index contributed by atoms with van der Waals surface area (Å²) in [6.07, 6.45) is -3.79. The number of carbonyl (C=O) groups is 1. The molecule has 0 saturated heterocycles. The zero-order valence-corrected chi connectivity index (χ0v) is 12.6. The van der Waals surface area contributed by atoms with Crippen LogP contribution in [-0.4, -0.2) is 50.6 Å². The molecule has 0 aliphatic carbocycles. The Morgan fingerprint density at radius 1 is 1.30 bits per heavy atom. The third-order valence-corrected chi connectivity index (χ3v) is 3.08. The number of urea groups is 1. The second kappa shape index (κ2) is 7.40. The fraction of sp³-hybridized carbons (Fsp3) is 0.500. The molecule has 0 spiro atoms. The van der Waals surface area contributed by atoms with Crippen LogP contribution in [-0.2, 0) is 0 Å². The van der Waals surface area contributed by atoms with Crippen molar-refractivity contribution in [3.8, 4) is 11.5 Å². The number of anilines is 1. The van der Waals surface area contributed by atoms with Crippen LogP contribution in [0.2, 0.25) is 0 Å². The number of halogens is 3. The van der Waals surface area contributed by atoms with Crippen LogP contribution >= 0.6 is 0 Å². The Hall–Kier alpha value is -2.16. The van der Waals surface area contributed by atoms with Crippen molar-refractivity contribution in [2.75, 3.05) is 38.8 Å². The van der Waals surface area contributed by atoms with E-state index in [1.807, 2.05) is 0 Å². The van der Waals surface area contributed by atoms with Gasteiger partial charge in [-0.25, -0.2) is 4.79 Å². The van der Waals surface area contributed by atoms with E-state index in [0.29, 0.717) is 23.6 Å². The maximum Gasteiger partial charge on any atom is 0.401 e. The Labute approximate surface area is 131 Å². The molecule has 9 heteroatoms. The van der Waals surface area contributed by atoms with Gasteiger partial charge in [-0.1, -0.05) is 0 Å². The van der Waals surface area contributed by atoms with Gasteiger partial charge >= 0.3 is 12.2 Å². The molecule has 2 amide bonds. The van der Waals surface area contributed by atoms with Crippen molar-refractivity contribution in [1.29, 1.82) is 0 Å². The average Bonchev–Trinajstić information content (AvgIpc) is 2.89. The normalized spacial score (nSPS) is 13.3. The van der Waals surface area contributed by atoms with E-state index >= 15 is 0 Å². The smallest absolute Gasteiger partial charge is 0.401 e. The molecule has 1 aliphatic heterocycles. The van der Waals surface area contributed by atoms with Crippen LogP contribution in [0.1, 0.15) is 6.42 Å². The average molecular weight is 333 g/mol.